The highest BCUT2D eigenvalue weighted by Crippen LogP contribution is 2.26. The van der Waals surface area contributed by atoms with Crippen molar-refractivity contribution in [3.8, 4) is 5.75 Å². The summed E-state index contributed by atoms with van der Waals surface area (Å²) in [6.45, 7) is 2.41. The molecular formula is C13H11Cl2NO. The molecule has 2 nitrogen and oxygen atoms in total. The summed E-state index contributed by atoms with van der Waals surface area (Å²) in [4.78, 5) is 3.91. The minimum Gasteiger partial charge on any atom is -0.487 e. The third-order valence-corrected chi connectivity index (χ3v) is 2.79. The van der Waals surface area contributed by atoms with Crippen LogP contribution < -0.4 is 4.74 Å². The molecule has 0 saturated heterocycles. The van der Waals surface area contributed by atoms with E-state index in [4.69, 9.17) is 27.9 Å². The maximum Gasteiger partial charge on any atom is 0.138 e. The van der Waals surface area contributed by atoms with Crippen LogP contribution in [0.25, 0.3) is 0 Å². The first-order valence-electron chi connectivity index (χ1n) is 5.14. The quantitative estimate of drug-likeness (QED) is 0.775. The highest BCUT2D eigenvalue weighted by atomic mass is 35.5. The van der Waals surface area contributed by atoms with E-state index in [1.165, 1.54) is 0 Å². The molecule has 0 spiro atoms. The van der Waals surface area contributed by atoms with Gasteiger partial charge in [-0.15, -0.1) is 0 Å². The molecule has 0 amide bonds. The van der Waals surface area contributed by atoms with E-state index in [-0.39, 0.29) is 0 Å². The average Bonchev–Trinajstić information content (AvgIpc) is 2.30. The summed E-state index contributed by atoms with van der Waals surface area (Å²) < 4.78 is 5.64. The second kappa shape index (κ2) is 5.39. The number of pyridine rings is 1. The SMILES string of the molecule is Cc1ccc(Cl)c(OCc2ccnc(Cl)c2)c1. The van der Waals surface area contributed by atoms with E-state index in [1.54, 1.807) is 12.3 Å². The van der Waals surface area contributed by atoms with E-state index < -0.39 is 0 Å². The number of ether oxygens (including phenoxy) is 1. The summed E-state index contributed by atoms with van der Waals surface area (Å²) in [5, 5.41) is 1.07. The molecule has 0 saturated carbocycles. The molecule has 0 bridgehead atoms. The number of aromatic nitrogens is 1. The van der Waals surface area contributed by atoms with Gasteiger partial charge < -0.3 is 4.74 Å². The lowest BCUT2D eigenvalue weighted by atomic mass is 10.2. The highest BCUT2D eigenvalue weighted by Gasteiger charge is 2.02. The molecule has 0 aliphatic heterocycles. The Kier molecular flexibility index (Phi) is 3.87. The predicted octanol–water partition coefficient (Wildman–Crippen LogP) is 4.28. The molecule has 1 aromatic heterocycles. The van der Waals surface area contributed by atoms with E-state index in [1.807, 2.05) is 31.2 Å². The van der Waals surface area contributed by atoms with Crippen LogP contribution in [-0.2, 0) is 6.61 Å². The van der Waals surface area contributed by atoms with Crippen LogP contribution in [0.1, 0.15) is 11.1 Å². The van der Waals surface area contributed by atoms with Crippen LogP contribution in [0.2, 0.25) is 10.2 Å². The lowest BCUT2D eigenvalue weighted by Gasteiger charge is -2.08. The Morgan fingerprint density at radius 3 is 2.76 bits per heavy atom. The van der Waals surface area contributed by atoms with Gasteiger partial charge in [-0.3, -0.25) is 0 Å². The van der Waals surface area contributed by atoms with Crippen LogP contribution in [0.4, 0.5) is 0 Å². The van der Waals surface area contributed by atoms with Gasteiger partial charge in [-0.2, -0.15) is 0 Å². The number of aryl methyl sites for hydroxylation is 1. The Labute approximate surface area is 110 Å². The smallest absolute Gasteiger partial charge is 0.138 e. The van der Waals surface area contributed by atoms with E-state index in [0.717, 1.165) is 11.1 Å². The minimum absolute atomic E-state index is 0.422. The summed E-state index contributed by atoms with van der Waals surface area (Å²) in [7, 11) is 0. The average molecular weight is 268 g/mol. The fraction of sp³-hybridized carbons (Fsp3) is 0.154. The van der Waals surface area contributed by atoms with Gasteiger partial charge in [0.2, 0.25) is 0 Å². The zero-order valence-electron chi connectivity index (χ0n) is 9.28. The van der Waals surface area contributed by atoms with Crippen molar-refractivity contribution in [1.82, 2.24) is 4.98 Å². The van der Waals surface area contributed by atoms with Crippen LogP contribution in [0.15, 0.2) is 36.5 Å². The van der Waals surface area contributed by atoms with Gasteiger partial charge in [0, 0.05) is 6.20 Å². The van der Waals surface area contributed by atoms with Gasteiger partial charge in [0.05, 0.1) is 5.02 Å². The van der Waals surface area contributed by atoms with Gasteiger partial charge >= 0.3 is 0 Å². The Bertz CT molecular complexity index is 529. The fourth-order valence-electron chi connectivity index (χ4n) is 1.41. The molecule has 4 heteroatoms. The number of hydrogen-bond donors (Lipinski definition) is 0. The summed E-state index contributed by atoms with van der Waals surface area (Å²) >= 11 is 11.8. The minimum atomic E-state index is 0.422. The zero-order valence-corrected chi connectivity index (χ0v) is 10.8. The molecule has 2 rings (SSSR count). The van der Waals surface area contributed by atoms with Crippen molar-refractivity contribution < 1.29 is 4.74 Å². The molecule has 0 aliphatic rings. The topological polar surface area (TPSA) is 22.1 Å². The first kappa shape index (κ1) is 12.2. The largest absolute Gasteiger partial charge is 0.487 e. The predicted molar refractivity (Wildman–Crippen MR) is 69.8 cm³/mol. The lowest BCUT2D eigenvalue weighted by Crippen LogP contribution is -1.96. The van der Waals surface area contributed by atoms with Crippen LogP contribution in [0.3, 0.4) is 0 Å². The van der Waals surface area contributed by atoms with Crippen molar-refractivity contribution in [2.75, 3.05) is 0 Å². The first-order chi connectivity index (χ1) is 8.15. The van der Waals surface area contributed by atoms with E-state index in [0.29, 0.717) is 22.5 Å². The van der Waals surface area contributed by atoms with Crippen LogP contribution >= 0.6 is 23.2 Å². The maximum absolute atomic E-state index is 6.03. The molecule has 88 valence electrons. The lowest BCUT2D eigenvalue weighted by molar-refractivity contribution is 0.306. The van der Waals surface area contributed by atoms with Crippen molar-refractivity contribution in [2.24, 2.45) is 0 Å². The standard InChI is InChI=1S/C13H11Cl2NO/c1-9-2-3-11(14)12(6-9)17-8-10-4-5-16-13(15)7-10/h2-7H,8H2,1H3. The van der Waals surface area contributed by atoms with Gasteiger partial charge in [-0.05, 0) is 42.3 Å². The molecule has 0 radical (unpaired) electrons. The van der Waals surface area contributed by atoms with Crippen molar-refractivity contribution in [3.05, 3.63) is 57.8 Å². The number of halogens is 2. The second-order valence-electron chi connectivity index (χ2n) is 3.71. The normalized spacial score (nSPS) is 10.3. The van der Waals surface area contributed by atoms with Crippen LogP contribution in [0.5, 0.6) is 5.75 Å². The van der Waals surface area contributed by atoms with E-state index in [2.05, 4.69) is 4.98 Å². The molecule has 0 aliphatic carbocycles. The highest BCUT2D eigenvalue weighted by molar-refractivity contribution is 6.32. The molecule has 0 fully saturated rings. The van der Waals surface area contributed by atoms with Gasteiger partial charge in [-0.25, -0.2) is 4.98 Å². The van der Waals surface area contributed by atoms with E-state index >= 15 is 0 Å². The Balaban J connectivity index is 2.09. The van der Waals surface area contributed by atoms with Crippen molar-refractivity contribution in [3.63, 3.8) is 0 Å². The van der Waals surface area contributed by atoms with Gasteiger partial charge in [-0.1, -0.05) is 29.3 Å². The zero-order chi connectivity index (χ0) is 12.3. The van der Waals surface area contributed by atoms with Crippen LogP contribution in [0, 0.1) is 6.92 Å². The van der Waals surface area contributed by atoms with Gasteiger partial charge in [0.25, 0.3) is 0 Å². The van der Waals surface area contributed by atoms with Crippen LogP contribution in [-0.4, -0.2) is 4.98 Å². The second-order valence-corrected chi connectivity index (χ2v) is 4.50. The third kappa shape index (κ3) is 3.35. The molecule has 0 unspecified atom stereocenters. The van der Waals surface area contributed by atoms with Gasteiger partial charge in [0.15, 0.2) is 0 Å². The third-order valence-electron chi connectivity index (χ3n) is 2.27. The Hall–Kier alpha value is -1.25. The van der Waals surface area contributed by atoms with Crippen molar-refractivity contribution in [1.29, 1.82) is 0 Å². The fourth-order valence-corrected chi connectivity index (χ4v) is 1.78. The Morgan fingerprint density at radius 1 is 1.18 bits per heavy atom. The summed E-state index contributed by atoms with van der Waals surface area (Å²) in [5.74, 6) is 0.680. The number of benzene rings is 1. The summed E-state index contributed by atoms with van der Waals surface area (Å²) in [6.07, 6.45) is 1.65. The molecule has 0 N–H and O–H groups in total. The summed E-state index contributed by atoms with van der Waals surface area (Å²) in [6, 6.07) is 9.30. The molecule has 17 heavy (non-hydrogen) atoms. The van der Waals surface area contributed by atoms with Crippen molar-refractivity contribution in [2.45, 2.75) is 13.5 Å². The van der Waals surface area contributed by atoms with Crippen molar-refractivity contribution >= 4 is 23.2 Å². The molecular weight excluding hydrogens is 257 g/mol. The summed E-state index contributed by atoms with van der Waals surface area (Å²) in [5.41, 5.74) is 2.07. The maximum atomic E-state index is 6.03. The Morgan fingerprint density at radius 2 is 2.00 bits per heavy atom. The molecule has 2 aromatic rings. The van der Waals surface area contributed by atoms with E-state index in [9.17, 15) is 0 Å². The number of nitrogens with zero attached hydrogens (tertiary/aromatic N) is 1. The monoisotopic (exact) mass is 267 g/mol. The molecule has 1 aromatic carbocycles. The molecule has 0 atom stereocenters. The van der Waals surface area contributed by atoms with Gasteiger partial charge in [0.1, 0.15) is 17.5 Å². The first-order valence-corrected chi connectivity index (χ1v) is 5.90. The molecule has 1 heterocycles. The number of hydrogen-bond acceptors (Lipinski definition) is 2. The number of rotatable bonds is 3.